The predicted octanol–water partition coefficient (Wildman–Crippen LogP) is 9.35. The lowest BCUT2D eigenvalue weighted by Gasteiger charge is -2.72. The molecular formula is C44H69N3O2S. The van der Waals surface area contributed by atoms with Crippen LogP contribution in [0.1, 0.15) is 135 Å². The van der Waals surface area contributed by atoms with Crippen LogP contribution in [0.3, 0.4) is 0 Å². The molecule has 1 aromatic carbocycles. The molecule has 0 spiro atoms. The summed E-state index contributed by atoms with van der Waals surface area (Å²) in [4.78, 5) is 11.4. The van der Waals surface area contributed by atoms with Crippen molar-refractivity contribution >= 4 is 27.6 Å². The molecule has 5 aliphatic carbocycles. The Balaban J connectivity index is 1.23. The van der Waals surface area contributed by atoms with E-state index in [0.29, 0.717) is 34.0 Å². The summed E-state index contributed by atoms with van der Waals surface area (Å²) < 4.78 is 14.4. The van der Waals surface area contributed by atoms with E-state index in [2.05, 4.69) is 84.4 Å². The van der Waals surface area contributed by atoms with Crippen LogP contribution in [0.5, 0.6) is 0 Å². The van der Waals surface area contributed by atoms with Gasteiger partial charge >= 0.3 is 0 Å². The molecule has 5 nitrogen and oxygen atoms in total. The van der Waals surface area contributed by atoms with E-state index in [1.165, 1.54) is 68.1 Å². The fraction of sp³-hybridized carbons (Fsp3) is 0.727. The van der Waals surface area contributed by atoms with E-state index in [-0.39, 0.29) is 10.8 Å². The van der Waals surface area contributed by atoms with Crippen molar-refractivity contribution in [2.24, 2.45) is 61.8 Å². The number of hydrogen-bond donors (Lipinski definition) is 2. The van der Waals surface area contributed by atoms with Crippen molar-refractivity contribution in [3.05, 3.63) is 53.6 Å². The molecule has 50 heavy (non-hydrogen) atoms. The normalized spacial score (nSPS) is 40.1. The van der Waals surface area contributed by atoms with Crippen LogP contribution in [0.25, 0.3) is 5.57 Å². The number of benzene rings is 1. The summed E-state index contributed by atoms with van der Waals surface area (Å²) in [6.45, 7) is 25.7. The maximum atomic E-state index is 12.5. The highest BCUT2D eigenvalue weighted by Crippen LogP contribution is 2.77. The van der Waals surface area contributed by atoms with Crippen molar-refractivity contribution in [3.63, 3.8) is 0 Å². The van der Waals surface area contributed by atoms with Crippen LogP contribution in [-0.4, -0.2) is 46.8 Å². The number of carbonyl (C=O) groups is 1. The molecule has 5 aliphatic rings. The highest BCUT2D eigenvalue weighted by atomic mass is 32.2. The highest BCUT2D eigenvalue weighted by molar-refractivity contribution is 7.96. The van der Waals surface area contributed by atoms with Crippen LogP contribution in [-0.2, 0) is 9.89 Å². The van der Waals surface area contributed by atoms with Gasteiger partial charge in [0.05, 0.1) is 9.89 Å². The first kappa shape index (κ1) is 38.0. The maximum absolute atomic E-state index is 12.5. The van der Waals surface area contributed by atoms with Crippen LogP contribution >= 0.6 is 0 Å². The third kappa shape index (κ3) is 6.04. The van der Waals surface area contributed by atoms with E-state index in [1.807, 2.05) is 16.4 Å². The zero-order chi connectivity index (χ0) is 36.3. The van der Waals surface area contributed by atoms with Crippen molar-refractivity contribution in [1.29, 1.82) is 0 Å². The van der Waals surface area contributed by atoms with Crippen LogP contribution in [0.4, 0.5) is 0 Å². The fourth-order valence-electron chi connectivity index (χ4n) is 13.8. The number of hydrogen-bond acceptors (Lipinski definition) is 3. The molecule has 10 unspecified atom stereocenters. The zero-order valence-corrected chi connectivity index (χ0v) is 33.4. The highest BCUT2D eigenvalue weighted by Gasteiger charge is 2.70. The average Bonchev–Trinajstić information content (AvgIpc) is 3.44. The van der Waals surface area contributed by atoms with Crippen LogP contribution in [0, 0.1) is 56.7 Å². The van der Waals surface area contributed by atoms with Gasteiger partial charge in [-0.2, -0.15) is 0 Å². The minimum absolute atomic E-state index is 0.0839. The Morgan fingerprint density at radius 1 is 0.980 bits per heavy atom. The van der Waals surface area contributed by atoms with Crippen LogP contribution < -0.4 is 10.5 Å². The standard InChI is InChI=1S/C44H69N3O2S/c1-10-27-47(50(9,45)49)28-11-26-46-30-44-23-18-34(31(2)3)39(44)36-16-17-38-41(6)21-19-35(33-14-12-32(29-48)13-15-33)40(4,5)37(41)20-22-43(38,8)42(36,7)24-25-44/h12-15,19,29,34,36-39,46H,2,9-11,16-18,20-28,30H2,1,3-8H3,(H2,45,49). The molecule has 6 rings (SSSR count). The van der Waals surface area contributed by atoms with Gasteiger partial charge in [0, 0.05) is 25.2 Å². The van der Waals surface area contributed by atoms with Gasteiger partial charge in [0.2, 0.25) is 0 Å². The molecular weight excluding hydrogens is 635 g/mol. The Hall–Kier alpha value is -1.73. The number of nitrogens with two attached hydrogens (primary N) is 1. The summed E-state index contributed by atoms with van der Waals surface area (Å²) in [5.41, 5.74) is 6.26. The molecule has 278 valence electrons. The number of nitrogens with one attached hydrogen (secondary N) is 1. The third-order valence-electron chi connectivity index (χ3n) is 16.3. The Kier molecular flexibility index (Phi) is 10.3. The molecule has 0 aliphatic heterocycles. The molecule has 0 saturated heterocycles. The minimum atomic E-state index is -2.66. The van der Waals surface area contributed by atoms with Gasteiger partial charge in [0.25, 0.3) is 0 Å². The van der Waals surface area contributed by atoms with Crippen molar-refractivity contribution < 1.29 is 9.00 Å². The first-order chi connectivity index (χ1) is 23.5. The van der Waals surface area contributed by atoms with Gasteiger partial charge in [-0.25, -0.2) is 13.7 Å². The number of aldehydes is 1. The van der Waals surface area contributed by atoms with Gasteiger partial charge in [0.15, 0.2) is 0 Å². The van der Waals surface area contributed by atoms with Crippen molar-refractivity contribution in [2.75, 3.05) is 26.2 Å². The summed E-state index contributed by atoms with van der Waals surface area (Å²) in [6, 6.07) is 8.31. The molecule has 0 radical (unpaired) electrons. The zero-order valence-electron chi connectivity index (χ0n) is 32.6. The molecule has 3 N–H and O–H groups in total. The van der Waals surface area contributed by atoms with E-state index in [0.717, 1.165) is 69.1 Å². The molecule has 4 fully saturated rings. The summed E-state index contributed by atoms with van der Waals surface area (Å²) in [5.74, 6) is 7.16. The maximum Gasteiger partial charge on any atom is 0.150 e. The summed E-state index contributed by atoms with van der Waals surface area (Å²) in [6.07, 6.45) is 17.1. The number of fused-ring (bicyclic) bond motifs is 7. The largest absolute Gasteiger partial charge is 0.316 e. The molecule has 6 heteroatoms. The lowest BCUT2D eigenvalue weighted by atomic mass is 9.32. The summed E-state index contributed by atoms with van der Waals surface area (Å²) in [7, 11) is -2.66. The average molecular weight is 704 g/mol. The van der Waals surface area contributed by atoms with Crippen LogP contribution in [0.15, 0.2) is 42.5 Å². The van der Waals surface area contributed by atoms with E-state index in [1.54, 1.807) is 0 Å². The van der Waals surface area contributed by atoms with Gasteiger partial charge in [-0.1, -0.05) is 84.0 Å². The second kappa shape index (κ2) is 13.6. The van der Waals surface area contributed by atoms with E-state index in [9.17, 15) is 9.00 Å². The quantitative estimate of drug-likeness (QED) is 0.0986. The fourth-order valence-corrected chi connectivity index (χ4v) is 14.7. The van der Waals surface area contributed by atoms with Gasteiger partial charge < -0.3 is 5.32 Å². The lowest BCUT2D eigenvalue weighted by molar-refractivity contribution is -0.225. The van der Waals surface area contributed by atoms with E-state index in [4.69, 9.17) is 5.14 Å². The second-order valence-corrected chi connectivity index (χ2v) is 20.9. The van der Waals surface area contributed by atoms with E-state index >= 15 is 0 Å². The Bertz CT molecular complexity index is 1580. The Morgan fingerprint density at radius 3 is 2.34 bits per heavy atom. The van der Waals surface area contributed by atoms with E-state index < -0.39 is 9.89 Å². The minimum Gasteiger partial charge on any atom is -0.316 e. The van der Waals surface area contributed by atoms with Crippen molar-refractivity contribution in [2.45, 2.75) is 119 Å². The Labute approximate surface area is 306 Å². The lowest BCUT2D eigenvalue weighted by Crippen LogP contribution is -2.65. The number of carbonyl (C=O) groups excluding carboxylic acids is 1. The second-order valence-electron chi connectivity index (χ2n) is 19.0. The molecule has 10 atom stereocenters. The van der Waals surface area contributed by atoms with Gasteiger partial charge in [-0.3, -0.25) is 4.79 Å². The Morgan fingerprint density at radius 2 is 1.70 bits per heavy atom. The third-order valence-corrected chi connectivity index (χ3v) is 17.6. The van der Waals surface area contributed by atoms with Crippen molar-refractivity contribution in [3.8, 4) is 0 Å². The molecule has 0 amide bonds. The topological polar surface area (TPSA) is 75.4 Å². The molecule has 1 aromatic rings. The van der Waals surface area contributed by atoms with Crippen molar-refractivity contribution in [1.82, 2.24) is 9.62 Å². The number of nitrogens with zero attached hydrogens (tertiary/aromatic N) is 1. The molecule has 0 heterocycles. The molecule has 4 saturated carbocycles. The first-order valence-corrected chi connectivity index (χ1v) is 21.8. The SMILES string of the molecule is C=C(C)C1CCC2(CNCCCN(CCC)S(=C)(N)=O)CCC3(C)C(CCC4C5(C)CC=C(c6ccc(C=O)cc6)C(C)(C)C5CCC43C)C12. The summed E-state index contributed by atoms with van der Waals surface area (Å²) >= 11 is 0. The number of allylic oxidation sites excluding steroid dienone is 3. The first-order valence-electron chi connectivity index (χ1n) is 20.0. The monoisotopic (exact) mass is 704 g/mol. The van der Waals surface area contributed by atoms with Gasteiger partial charge in [-0.15, -0.1) is 0 Å². The smallest absolute Gasteiger partial charge is 0.150 e. The molecule has 0 bridgehead atoms. The van der Waals surface area contributed by atoms with Crippen LogP contribution in [0.2, 0.25) is 0 Å². The van der Waals surface area contributed by atoms with Gasteiger partial charge in [0.1, 0.15) is 6.29 Å². The molecule has 0 aromatic heterocycles. The number of rotatable bonds is 12. The predicted molar refractivity (Wildman–Crippen MR) is 213 cm³/mol. The summed E-state index contributed by atoms with van der Waals surface area (Å²) in [5, 5.41) is 9.88. The van der Waals surface area contributed by atoms with Gasteiger partial charge in [-0.05, 0) is 158 Å².